The van der Waals surface area contributed by atoms with Gasteiger partial charge in [0.15, 0.2) is 0 Å². The maximum atomic E-state index is 13.4. The van der Waals surface area contributed by atoms with Gasteiger partial charge in [0.05, 0.1) is 12.3 Å². The van der Waals surface area contributed by atoms with Crippen LogP contribution in [0.2, 0.25) is 0 Å². The van der Waals surface area contributed by atoms with Crippen molar-refractivity contribution in [2.24, 2.45) is 0 Å². The van der Waals surface area contributed by atoms with E-state index in [2.05, 4.69) is 10.3 Å². The molecule has 4 rings (SSSR count). The molecule has 9 nitrogen and oxygen atoms in total. The number of phosphoric acid groups is 1. The van der Waals surface area contributed by atoms with Gasteiger partial charge in [-0.1, -0.05) is 45.0 Å². The Morgan fingerprint density at radius 2 is 1.73 bits per heavy atom. The number of aromatic nitrogens is 1. The Bertz CT molecular complexity index is 1630. The molecule has 0 bridgehead atoms. The monoisotopic (exact) mass is 584 g/mol. The van der Waals surface area contributed by atoms with Crippen LogP contribution in [-0.2, 0) is 9.98 Å². The van der Waals surface area contributed by atoms with E-state index in [0.717, 1.165) is 0 Å². The van der Waals surface area contributed by atoms with Gasteiger partial charge in [-0.25, -0.2) is 4.57 Å². The first-order valence-electron chi connectivity index (χ1n) is 12.0. The fourth-order valence-electron chi connectivity index (χ4n) is 4.16. The van der Waals surface area contributed by atoms with Gasteiger partial charge >= 0.3 is 66.9 Å². The average Bonchev–Trinajstić information content (AvgIpc) is 2.83. The number of nitrogens with one attached hydrogen (secondary N) is 2. The summed E-state index contributed by atoms with van der Waals surface area (Å²) in [7, 11) is -4.92. The normalized spacial score (nSPS) is 11.2. The van der Waals surface area contributed by atoms with E-state index in [1.54, 1.807) is 48.5 Å². The number of para-hydroxylation sites is 1. The number of ether oxygens (including phenoxy) is 1. The molecule has 1 amide bonds. The van der Waals surface area contributed by atoms with Crippen LogP contribution in [0.25, 0.3) is 22.0 Å². The third-order valence-electron chi connectivity index (χ3n) is 5.88. The Morgan fingerprint density at radius 3 is 2.38 bits per heavy atom. The molecule has 0 spiro atoms. The van der Waals surface area contributed by atoms with Gasteiger partial charge < -0.3 is 19.6 Å². The number of aromatic amines is 1. The van der Waals surface area contributed by atoms with Gasteiger partial charge in [0.25, 0.3) is 5.91 Å². The Kier molecular flexibility index (Phi) is 11.9. The summed E-state index contributed by atoms with van der Waals surface area (Å²) < 4.78 is 22.5. The van der Waals surface area contributed by atoms with Crippen molar-refractivity contribution in [3.8, 4) is 22.6 Å². The number of rotatable bonds is 7. The van der Waals surface area contributed by atoms with E-state index in [0.29, 0.717) is 39.9 Å². The topological polar surface area (TPSA) is 138 Å². The molecule has 0 aliphatic carbocycles. The van der Waals surface area contributed by atoms with Crippen LogP contribution in [0.4, 0.5) is 5.69 Å². The number of pyridine rings is 1. The first-order chi connectivity index (χ1) is 17.9. The van der Waals surface area contributed by atoms with Crippen molar-refractivity contribution in [2.75, 3.05) is 11.9 Å². The Balaban J connectivity index is 0.00000280. The van der Waals surface area contributed by atoms with E-state index in [9.17, 15) is 23.9 Å². The molecule has 0 unspecified atom stereocenters. The first-order valence-corrected chi connectivity index (χ1v) is 13.5. The SMILES string of the molecule is CCOc1cccc(-c2cc(C(C)(C)C)c(OP(=O)(O)O)cc2NC(=O)c2c[nH]c3ccccc3c2=O)c1.[NaH].[NaH]. The summed E-state index contributed by atoms with van der Waals surface area (Å²) in [4.78, 5) is 48.5. The molecule has 0 saturated heterocycles. The summed E-state index contributed by atoms with van der Waals surface area (Å²) >= 11 is 0. The molecule has 4 N–H and O–H groups in total. The van der Waals surface area contributed by atoms with Gasteiger partial charge in [-0.2, -0.15) is 0 Å². The molecule has 1 heterocycles. The van der Waals surface area contributed by atoms with Crippen LogP contribution >= 0.6 is 7.82 Å². The van der Waals surface area contributed by atoms with Crippen LogP contribution in [0.15, 0.2) is 71.7 Å². The second kappa shape index (κ2) is 13.8. The molecule has 0 fully saturated rings. The predicted octanol–water partition coefficient (Wildman–Crippen LogP) is 4.32. The second-order valence-corrected chi connectivity index (χ2v) is 10.9. The Morgan fingerprint density at radius 1 is 1.02 bits per heavy atom. The number of H-pyrrole nitrogens is 1. The summed E-state index contributed by atoms with van der Waals surface area (Å²) in [5.74, 6) is -0.163. The van der Waals surface area contributed by atoms with Crippen LogP contribution in [0.3, 0.4) is 0 Å². The number of carbonyl (C=O) groups excluding carboxylic acids is 1. The molecule has 1 aromatic heterocycles. The van der Waals surface area contributed by atoms with E-state index in [-0.39, 0.29) is 76.1 Å². The van der Waals surface area contributed by atoms with Crippen LogP contribution in [0, 0.1) is 0 Å². The zero-order valence-electron chi connectivity index (χ0n) is 21.4. The minimum absolute atomic E-state index is 0. The molecule has 0 radical (unpaired) electrons. The summed E-state index contributed by atoms with van der Waals surface area (Å²) in [6, 6.07) is 17.2. The molecule has 0 aliphatic rings. The third kappa shape index (κ3) is 8.10. The van der Waals surface area contributed by atoms with Crippen molar-refractivity contribution in [2.45, 2.75) is 33.1 Å². The summed E-state index contributed by atoms with van der Waals surface area (Å²) in [5, 5.41) is 3.11. The predicted molar refractivity (Wildman–Crippen MR) is 161 cm³/mol. The molecule has 3 aromatic carbocycles. The molecular formula is C28H31N2Na2O7P. The van der Waals surface area contributed by atoms with Crippen molar-refractivity contribution >= 4 is 89.4 Å². The number of amides is 1. The van der Waals surface area contributed by atoms with Gasteiger partial charge in [-0.05, 0) is 48.2 Å². The van der Waals surface area contributed by atoms with Crippen LogP contribution in [0.5, 0.6) is 11.5 Å². The van der Waals surface area contributed by atoms with Gasteiger partial charge in [0.2, 0.25) is 5.43 Å². The molecule has 0 aliphatic heterocycles. The van der Waals surface area contributed by atoms with Crippen LogP contribution in [0.1, 0.15) is 43.6 Å². The summed E-state index contributed by atoms with van der Waals surface area (Å²) in [6.45, 7) is 7.96. The third-order valence-corrected chi connectivity index (χ3v) is 6.32. The Hall–Kier alpha value is -1.91. The zero-order chi connectivity index (χ0) is 27.7. The molecule has 12 heteroatoms. The van der Waals surface area contributed by atoms with Crippen LogP contribution < -0.4 is 20.0 Å². The number of anilines is 1. The van der Waals surface area contributed by atoms with Crippen molar-refractivity contribution in [1.29, 1.82) is 0 Å². The van der Waals surface area contributed by atoms with Gasteiger partial charge in [-0.15, -0.1) is 0 Å². The zero-order valence-corrected chi connectivity index (χ0v) is 22.3. The van der Waals surface area contributed by atoms with Gasteiger partial charge in [-0.3, -0.25) is 19.4 Å². The summed E-state index contributed by atoms with van der Waals surface area (Å²) in [6.07, 6.45) is 1.34. The van der Waals surface area contributed by atoms with E-state index < -0.39 is 24.6 Å². The number of phosphoric ester groups is 1. The molecule has 0 saturated carbocycles. The molecule has 202 valence electrons. The van der Waals surface area contributed by atoms with Gasteiger partial charge in [0, 0.05) is 34.3 Å². The number of carbonyl (C=O) groups is 1. The van der Waals surface area contributed by atoms with E-state index in [1.807, 2.05) is 33.8 Å². The van der Waals surface area contributed by atoms with Crippen molar-refractivity contribution in [3.05, 3.63) is 88.2 Å². The molecule has 4 aromatic rings. The van der Waals surface area contributed by atoms with Crippen molar-refractivity contribution < 1.29 is 28.4 Å². The number of hydrogen-bond acceptors (Lipinski definition) is 5. The first kappa shape index (κ1) is 34.3. The number of benzene rings is 3. The van der Waals surface area contributed by atoms with E-state index >= 15 is 0 Å². The molecule has 0 atom stereocenters. The standard InChI is InChI=1S/C28H29N2O7P.2Na.2H/c1-5-36-18-10-8-9-17(13-18)20-14-22(28(2,3)4)25(37-38(33,34)35)15-24(20)30-27(32)21-16-29-23-12-7-6-11-19(23)26(21)31;;;;/h6-16H,5H2,1-4H3,(H,29,31)(H,30,32)(H2,33,34,35);;;;. The van der Waals surface area contributed by atoms with Crippen LogP contribution in [-0.4, -0.2) is 86.4 Å². The van der Waals surface area contributed by atoms with Crippen molar-refractivity contribution in [1.82, 2.24) is 4.98 Å². The summed E-state index contributed by atoms with van der Waals surface area (Å²) in [5.41, 5.74) is 1.41. The van der Waals surface area contributed by atoms with E-state index in [1.165, 1.54) is 12.3 Å². The van der Waals surface area contributed by atoms with E-state index in [4.69, 9.17) is 9.26 Å². The molecular weight excluding hydrogens is 553 g/mol. The Labute approximate surface area is 276 Å². The number of hydrogen-bond donors (Lipinski definition) is 4. The average molecular weight is 585 g/mol. The maximum absolute atomic E-state index is 13.4. The second-order valence-electron chi connectivity index (χ2n) is 9.72. The minimum atomic E-state index is -4.92. The van der Waals surface area contributed by atoms with Gasteiger partial charge in [0.1, 0.15) is 17.1 Å². The molecule has 40 heavy (non-hydrogen) atoms. The quantitative estimate of drug-likeness (QED) is 0.188. The van der Waals surface area contributed by atoms with Crippen molar-refractivity contribution in [3.63, 3.8) is 0 Å². The number of fused-ring (bicyclic) bond motifs is 1. The fourth-order valence-corrected chi connectivity index (χ4v) is 4.57. The fraction of sp³-hybridized carbons (Fsp3) is 0.214.